The third-order valence-electron chi connectivity index (χ3n) is 6.04. The second-order valence-corrected chi connectivity index (χ2v) is 9.00. The van der Waals surface area contributed by atoms with E-state index >= 15 is 0 Å². The van der Waals surface area contributed by atoms with Gasteiger partial charge in [-0.05, 0) is 63.1 Å². The molecule has 0 saturated carbocycles. The first-order valence-electron chi connectivity index (χ1n) is 10.7. The van der Waals surface area contributed by atoms with E-state index in [2.05, 4.69) is 88.4 Å². The largest absolute Gasteiger partial charge is 0.256 e. The number of fused-ring (bicyclic) bond motifs is 5. The van der Waals surface area contributed by atoms with E-state index in [0.29, 0.717) is 11.8 Å². The second-order valence-electron chi connectivity index (χ2n) is 9.00. The minimum Gasteiger partial charge on any atom is -0.256 e. The third-order valence-corrected chi connectivity index (χ3v) is 6.04. The Morgan fingerprint density at radius 3 is 2.24 bits per heavy atom. The number of benzene rings is 3. The number of pyridine rings is 1. The highest BCUT2D eigenvalue weighted by Gasteiger charge is 2.23. The summed E-state index contributed by atoms with van der Waals surface area (Å²) in [6.07, 6.45) is 3.06. The van der Waals surface area contributed by atoms with E-state index in [1.165, 1.54) is 49.7 Å². The second kappa shape index (κ2) is 6.84. The zero-order valence-electron chi connectivity index (χ0n) is 17.7. The van der Waals surface area contributed by atoms with Gasteiger partial charge in [-0.2, -0.15) is 0 Å². The van der Waals surface area contributed by atoms with Crippen molar-refractivity contribution in [3.8, 4) is 33.5 Å². The molecule has 4 aromatic rings. The molecule has 0 spiro atoms. The van der Waals surface area contributed by atoms with Gasteiger partial charge in [-0.3, -0.25) is 4.98 Å². The van der Waals surface area contributed by atoms with Crippen LogP contribution in [0.5, 0.6) is 0 Å². The zero-order valence-corrected chi connectivity index (χ0v) is 17.7. The van der Waals surface area contributed by atoms with E-state index in [4.69, 9.17) is 4.98 Å². The van der Waals surface area contributed by atoms with Crippen molar-refractivity contribution < 1.29 is 0 Å². The molecule has 1 aromatic heterocycles. The summed E-state index contributed by atoms with van der Waals surface area (Å²) in [5, 5.41) is 2.57. The summed E-state index contributed by atoms with van der Waals surface area (Å²) in [7, 11) is 0. The average molecular weight is 378 g/mol. The van der Waals surface area contributed by atoms with E-state index in [0.717, 1.165) is 12.1 Å². The van der Waals surface area contributed by atoms with Crippen LogP contribution in [0.1, 0.15) is 44.7 Å². The number of hydrogen-bond donors (Lipinski definition) is 0. The monoisotopic (exact) mass is 377 g/mol. The first-order chi connectivity index (χ1) is 14.0. The highest BCUT2D eigenvalue weighted by molar-refractivity contribution is 6.12. The Balaban J connectivity index is 1.93. The van der Waals surface area contributed by atoms with Crippen LogP contribution in [0.2, 0.25) is 0 Å². The Kier molecular flexibility index (Phi) is 4.28. The Hall–Kier alpha value is -2.93. The highest BCUT2D eigenvalue weighted by atomic mass is 14.7. The van der Waals surface area contributed by atoms with Crippen LogP contribution in [0.3, 0.4) is 0 Å². The van der Waals surface area contributed by atoms with Crippen molar-refractivity contribution in [3.63, 3.8) is 0 Å². The van der Waals surface area contributed by atoms with Gasteiger partial charge in [-0.25, -0.2) is 0 Å². The topological polar surface area (TPSA) is 12.9 Å². The van der Waals surface area contributed by atoms with Gasteiger partial charge in [0.2, 0.25) is 0 Å². The molecule has 1 aliphatic rings. The van der Waals surface area contributed by atoms with E-state index in [-0.39, 0.29) is 0 Å². The average Bonchev–Trinajstić information content (AvgIpc) is 2.82. The van der Waals surface area contributed by atoms with Gasteiger partial charge < -0.3 is 0 Å². The first kappa shape index (κ1) is 18.1. The van der Waals surface area contributed by atoms with E-state index in [9.17, 15) is 0 Å². The molecule has 0 radical (unpaired) electrons. The summed E-state index contributed by atoms with van der Waals surface area (Å²) < 4.78 is 0. The molecule has 0 fully saturated rings. The lowest BCUT2D eigenvalue weighted by Gasteiger charge is -2.16. The molecule has 0 bridgehead atoms. The van der Waals surface area contributed by atoms with Crippen LogP contribution in [0.15, 0.2) is 66.9 Å². The van der Waals surface area contributed by atoms with Gasteiger partial charge in [-0.1, -0.05) is 82.3 Å². The van der Waals surface area contributed by atoms with Crippen molar-refractivity contribution in [2.75, 3.05) is 0 Å². The van der Waals surface area contributed by atoms with Crippen molar-refractivity contribution in [2.45, 2.75) is 40.0 Å². The van der Waals surface area contributed by atoms with Crippen LogP contribution in [0.25, 0.3) is 44.3 Å². The number of nitrogens with zero attached hydrogens (tertiary/aromatic N) is 1. The highest BCUT2D eigenvalue weighted by Crippen LogP contribution is 2.47. The predicted octanol–water partition coefficient (Wildman–Crippen LogP) is 7.87. The fourth-order valence-electron chi connectivity index (χ4n) is 4.69. The lowest BCUT2D eigenvalue weighted by atomic mass is 9.88. The third kappa shape index (κ3) is 2.97. The molecule has 0 saturated heterocycles. The maximum atomic E-state index is 4.87. The molecule has 0 amide bonds. The summed E-state index contributed by atoms with van der Waals surface area (Å²) in [5.74, 6) is 1.13. The minimum atomic E-state index is 0.503. The summed E-state index contributed by atoms with van der Waals surface area (Å²) in [4.78, 5) is 4.87. The molecule has 3 aromatic carbocycles. The number of rotatable bonds is 3. The van der Waals surface area contributed by atoms with Crippen LogP contribution in [0, 0.1) is 5.92 Å². The molecule has 1 aliphatic carbocycles. The van der Waals surface area contributed by atoms with E-state index in [1.54, 1.807) is 0 Å². The van der Waals surface area contributed by atoms with Gasteiger partial charge in [0.05, 0.1) is 5.69 Å². The first-order valence-corrected chi connectivity index (χ1v) is 10.7. The molecule has 1 nitrogen and oxygen atoms in total. The lowest BCUT2D eigenvalue weighted by molar-refractivity contribution is 0.648. The molecular formula is C28H27N. The fraction of sp³-hybridized carbons (Fsp3) is 0.250. The molecule has 0 unspecified atom stereocenters. The minimum absolute atomic E-state index is 0.503. The Bertz CT molecular complexity index is 1230. The van der Waals surface area contributed by atoms with Crippen LogP contribution >= 0.6 is 0 Å². The predicted molar refractivity (Wildman–Crippen MR) is 124 cm³/mol. The lowest BCUT2D eigenvalue weighted by Crippen LogP contribution is -1.96. The number of hydrogen-bond acceptors (Lipinski definition) is 1. The Morgan fingerprint density at radius 1 is 0.724 bits per heavy atom. The van der Waals surface area contributed by atoms with Crippen molar-refractivity contribution in [3.05, 3.63) is 78.0 Å². The van der Waals surface area contributed by atoms with Gasteiger partial charge in [-0.15, -0.1) is 0 Å². The number of aromatic nitrogens is 1. The molecule has 1 heterocycles. The maximum Gasteiger partial charge on any atom is 0.0792 e. The molecular weight excluding hydrogens is 350 g/mol. The SMILES string of the molecule is CC(C)Cc1cc2c3c(nccc3c1)-c1ccccc1-c1cc(C(C)C)ccc1-2. The Labute approximate surface area is 173 Å². The summed E-state index contributed by atoms with van der Waals surface area (Å²) in [6.45, 7) is 9.11. The van der Waals surface area contributed by atoms with Crippen LogP contribution in [0.4, 0.5) is 0 Å². The fourth-order valence-corrected chi connectivity index (χ4v) is 4.69. The van der Waals surface area contributed by atoms with Gasteiger partial charge in [0.25, 0.3) is 0 Å². The van der Waals surface area contributed by atoms with Crippen LogP contribution in [-0.4, -0.2) is 4.98 Å². The summed E-state index contributed by atoms with van der Waals surface area (Å²) >= 11 is 0. The smallest absolute Gasteiger partial charge is 0.0792 e. The summed E-state index contributed by atoms with van der Waals surface area (Å²) in [6, 6.07) is 22.7. The molecule has 0 atom stereocenters. The molecule has 0 N–H and O–H groups in total. The standard InChI is InChI=1S/C28H27N/c1-17(2)13-19-14-21-11-12-29-28-24-8-6-5-7-22(24)25-16-20(18(3)4)9-10-23(25)26(15-19)27(21)28/h5-12,14-18H,13H2,1-4H3. The quantitative estimate of drug-likeness (QED) is 0.312. The Morgan fingerprint density at radius 2 is 1.48 bits per heavy atom. The van der Waals surface area contributed by atoms with Crippen molar-refractivity contribution >= 4 is 10.8 Å². The van der Waals surface area contributed by atoms with Gasteiger partial charge in [0.1, 0.15) is 0 Å². The molecule has 1 heteroatoms. The van der Waals surface area contributed by atoms with Crippen LogP contribution in [-0.2, 0) is 6.42 Å². The molecule has 144 valence electrons. The van der Waals surface area contributed by atoms with Gasteiger partial charge >= 0.3 is 0 Å². The zero-order chi connectivity index (χ0) is 20.1. The van der Waals surface area contributed by atoms with Crippen molar-refractivity contribution in [1.82, 2.24) is 4.98 Å². The summed E-state index contributed by atoms with van der Waals surface area (Å²) in [5.41, 5.74) is 10.4. The van der Waals surface area contributed by atoms with Crippen molar-refractivity contribution in [2.24, 2.45) is 5.92 Å². The molecule has 29 heavy (non-hydrogen) atoms. The van der Waals surface area contributed by atoms with Crippen LogP contribution < -0.4 is 0 Å². The van der Waals surface area contributed by atoms with E-state index in [1.807, 2.05) is 6.20 Å². The van der Waals surface area contributed by atoms with Gasteiger partial charge in [0, 0.05) is 17.1 Å². The van der Waals surface area contributed by atoms with E-state index < -0.39 is 0 Å². The molecule has 5 rings (SSSR count). The molecule has 0 aliphatic heterocycles. The van der Waals surface area contributed by atoms with Crippen molar-refractivity contribution in [1.29, 1.82) is 0 Å². The normalized spacial score (nSPS) is 12.2. The maximum absolute atomic E-state index is 4.87. The van der Waals surface area contributed by atoms with Gasteiger partial charge in [0.15, 0.2) is 0 Å².